The number of halogens is 1. The molecule has 0 aliphatic heterocycles. The van der Waals surface area contributed by atoms with Crippen molar-refractivity contribution < 1.29 is 4.74 Å². The molecule has 3 rings (SSSR count). The van der Waals surface area contributed by atoms with E-state index in [0.29, 0.717) is 33.7 Å². The summed E-state index contributed by atoms with van der Waals surface area (Å²) in [7, 11) is 1.57. The number of benzene rings is 2. The zero-order valence-corrected chi connectivity index (χ0v) is 13.0. The lowest BCUT2D eigenvalue weighted by Gasteiger charge is -2.08. The van der Waals surface area contributed by atoms with E-state index in [-0.39, 0.29) is 0 Å². The molecule has 0 saturated heterocycles. The third-order valence-electron chi connectivity index (χ3n) is 3.34. The van der Waals surface area contributed by atoms with Crippen molar-refractivity contribution in [1.82, 2.24) is 15.2 Å². The van der Waals surface area contributed by atoms with Crippen LogP contribution >= 0.6 is 11.6 Å². The Labute approximate surface area is 133 Å². The van der Waals surface area contributed by atoms with E-state index >= 15 is 0 Å². The number of ether oxygens (including phenoxy) is 1. The number of methoxy groups -OCH3 is 1. The van der Waals surface area contributed by atoms with Crippen LogP contribution in [0.5, 0.6) is 5.75 Å². The molecule has 6 heteroatoms. The van der Waals surface area contributed by atoms with Crippen LogP contribution in [-0.2, 0) is 0 Å². The van der Waals surface area contributed by atoms with Crippen molar-refractivity contribution in [2.45, 2.75) is 6.92 Å². The quantitative estimate of drug-likeness (QED) is 0.723. The van der Waals surface area contributed by atoms with Gasteiger partial charge >= 0.3 is 0 Å². The molecule has 5 nitrogen and oxygen atoms in total. The van der Waals surface area contributed by atoms with Gasteiger partial charge in [-0.15, -0.1) is 0 Å². The standard InChI is InChI=1S/C16H15ClN4O/c1-9-4-3-5-10(6-9)15-19-16(21-20-15)11-7-12(17)13(18)8-14(11)22-2/h3-8H,18H2,1-2H3,(H,19,20,21). The van der Waals surface area contributed by atoms with Crippen LogP contribution < -0.4 is 10.5 Å². The number of rotatable bonds is 3. The second-order valence-electron chi connectivity index (χ2n) is 4.95. The molecule has 0 fully saturated rings. The minimum atomic E-state index is 0.448. The van der Waals surface area contributed by atoms with E-state index in [1.165, 1.54) is 0 Å². The average Bonchev–Trinajstić information content (AvgIpc) is 2.99. The van der Waals surface area contributed by atoms with Crippen molar-refractivity contribution in [1.29, 1.82) is 0 Å². The van der Waals surface area contributed by atoms with E-state index in [1.807, 2.05) is 31.2 Å². The summed E-state index contributed by atoms with van der Waals surface area (Å²) in [6.07, 6.45) is 0. The predicted molar refractivity (Wildman–Crippen MR) is 88.0 cm³/mol. The van der Waals surface area contributed by atoms with E-state index in [4.69, 9.17) is 22.1 Å². The van der Waals surface area contributed by atoms with Gasteiger partial charge < -0.3 is 10.5 Å². The second kappa shape index (κ2) is 5.69. The minimum Gasteiger partial charge on any atom is -0.496 e. The van der Waals surface area contributed by atoms with Gasteiger partial charge in [0, 0.05) is 11.6 Å². The van der Waals surface area contributed by atoms with Crippen molar-refractivity contribution >= 4 is 17.3 Å². The lowest BCUT2D eigenvalue weighted by Crippen LogP contribution is -1.94. The lowest BCUT2D eigenvalue weighted by atomic mass is 10.1. The van der Waals surface area contributed by atoms with Crippen LogP contribution in [0.4, 0.5) is 5.69 Å². The van der Waals surface area contributed by atoms with E-state index in [9.17, 15) is 0 Å². The number of hydrogen-bond donors (Lipinski definition) is 2. The van der Waals surface area contributed by atoms with E-state index in [1.54, 1.807) is 19.2 Å². The summed E-state index contributed by atoms with van der Waals surface area (Å²) in [5.41, 5.74) is 9.07. The van der Waals surface area contributed by atoms with Gasteiger partial charge in [0.1, 0.15) is 5.75 Å². The van der Waals surface area contributed by atoms with Gasteiger partial charge in [0.25, 0.3) is 0 Å². The van der Waals surface area contributed by atoms with Gasteiger partial charge in [-0.25, -0.2) is 4.98 Å². The largest absolute Gasteiger partial charge is 0.496 e. The zero-order chi connectivity index (χ0) is 15.7. The van der Waals surface area contributed by atoms with Crippen molar-refractivity contribution in [3.05, 3.63) is 47.0 Å². The van der Waals surface area contributed by atoms with Crippen molar-refractivity contribution in [2.24, 2.45) is 0 Å². The summed E-state index contributed by atoms with van der Waals surface area (Å²) < 4.78 is 5.34. The average molecular weight is 315 g/mol. The first-order valence-corrected chi connectivity index (χ1v) is 7.09. The molecule has 0 radical (unpaired) electrons. The number of nitrogens with one attached hydrogen (secondary N) is 1. The molecular formula is C16H15ClN4O. The fraction of sp³-hybridized carbons (Fsp3) is 0.125. The predicted octanol–water partition coefficient (Wildman–Crippen LogP) is 3.69. The molecule has 22 heavy (non-hydrogen) atoms. The summed E-state index contributed by atoms with van der Waals surface area (Å²) in [4.78, 5) is 4.53. The van der Waals surface area contributed by atoms with Crippen LogP contribution in [0.15, 0.2) is 36.4 Å². The second-order valence-corrected chi connectivity index (χ2v) is 5.36. The van der Waals surface area contributed by atoms with Gasteiger partial charge in [0.05, 0.1) is 23.4 Å². The normalized spacial score (nSPS) is 10.7. The minimum absolute atomic E-state index is 0.448. The Morgan fingerprint density at radius 3 is 2.77 bits per heavy atom. The number of H-pyrrole nitrogens is 1. The van der Waals surface area contributed by atoms with Gasteiger partial charge in [0.15, 0.2) is 11.6 Å². The van der Waals surface area contributed by atoms with Gasteiger partial charge in [-0.1, -0.05) is 35.4 Å². The fourth-order valence-electron chi connectivity index (χ4n) is 2.22. The smallest absolute Gasteiger partial charge is 0.181 e. The molecule has 3 aromatic rings. The van der Waals surface area contributed by atoms with Gasteiger partial charge in [-0.3, -0.25) is 5.10 Å². The summed E-state index contributed by atoms with van der Waals surface area (Å²) in [5.74, 6) is 1.79. The first kappa shape index (κ1) is 14.4. The van der Waals surface area contributed by atoms with Gasteiger partial charge in [0.2, 0.25) is 0 Å². The summed E-state index contributed by atoms with van der Waals surface area (Å²) >= 11 is 6.09. The molecular weight excluding hydrogens is 300 g/mol. The number of nitrogens with zero attached hydrogens (tertiary/aromatic N) is 2. The maximum Gasteiger partial charge on any atom is 0.181 e. The molecule has 0 unspecified atom stereocenters. The summed E-state index contributed by atoms with van der Waals surface area (Å²) in [6.45, 7) is 2.03. The Hall–Kier alpha value is -2.53. The van der Waals surface area contributed by atoms with Gasteiger partial charge in [-0.2, -0.15) is 5.10 Å². The first-order valence-electron chi connectivity index (χ1n) is 6.71. The number of anilines is 1. The van der Waals surface area contributed by atoms with Crippen LogP contribution in [0.1, 0.15) is 5.56 Å². The Balaban J connectivity index is 2.06. The number of aromatic amines is 1. The van der Waals surface area contributed by atoms with Crippen molar-refractivity contribution in [2.75, 3.05) is 12.8 Å². The Morgan fingerprint density at radius 1 is 1.23 bits per heavy atom. The van der Waals surface area contributed by atoms with Crippen molar-refractivity contribution in [3.8, 4) is 28.5 Å². The molecule has 0 aliphatic carbocycles. The molecule has 0 spiro atoms. The maximum absolute atomic E-state index is 6.09. The molecule has 1 aromatic heterocycles. The van der Waals surface area contributed by atoms with Crippen LogP contribution in [0.3, 0.4) is 0 Å². The topological polar surface area (TPSA) is 76.8 Å². The number of nitrogen functional groups attached to an aromatic ring is 1. The first-order chi connectivity index (χ1) is 10.6. The van der Waals surface area contributed by atoms with Crippen LogP contribution in [0.2, 0.25) is 5.02 Å². The van der Waals surface area contributed by atoms with Crippen molar-refractivity contribution in [3.63, 3.8) is 0 Å². The highest BCUT2D eigenvalue weighted by atomic mass is 35.5. The van der Waals surface area contributed by atoms with E-state index in [0.717, 1.165) is 11.1 Å². The third-order valence-corrected chi connectivity index (χ3v) is 3.66. The molecule has 112 valence electrons. The summed E-state index contributed by atoms with van der Waals surface area (Å²) in [5, 5.41) is 7.63. The molecule has 3 N–H and O–H groups in total. The van der Waals surface area contributed by atoms with Crippen LogP contribution in [0, 0.1) is 6.92 Å². The third kappa shape index (κ3) is 2.63. The number of nitrogens with two attached hydrogens (primary N) is 1. The van der Waals surface area contributed by atoms with Crippen LogP contribution in [-0.4, -0.2) is 22.3 Å². The molecule has 1 heterocycles. The maximum atomic E-state index is 6.09. The molecule has 0 saturated carbocycles. The molecule has 0 amide bonds. The monoisotopic (exact) mass is 314 g/mol. The fourth-order valence-corrected chi connectivity index (χ4v) is 2.38. The highest BCUT2D eigenvalue weighted by Crippen LogP contribution is 2.35. The Morgan fingerprint density at radius 2 is 2.05 bits per heavy atom. The Bertz CT molecular complexity index is 829. The Kier molecular flexibility index (Phi) is 3.73. The molecule has 2 aromatic carbocycles. The molecule has 0 atom stereocenters. The zero-order valence-electron chi connectivity index (χ0n) is 12.2. The highest BCUT2D eigenvalue weighted by molar-refractivity contribution is 6.33. The number of hydrogen-bond acceptors (Lipinski definition) is 4. The number of aryl methyl sites for hydroxylation is 1. The summed E-state index contributed by atoms with van der Waals surface area (Å²) in [6, 6.07) is 11.4. The molecule has 0 bridgehead atoms. The van der Waals surface area contributed by atoms with Gasteiger partial charge in [-0.05, 0) is 19.1 Å². The van der Waals surface area contributed by atoms with E-state index in [2.05, 4.69) is 15.2 Å². The van der Waals surface area contributed by atoms with Crippen LogP contribution in [0.25, 0.3) is 22.8 Å². The highest BCUT2D eigenvalue weighted by Gasteiger charge is 2.14. The molecule has 0 aliphatic rings. The SMILES string of the molecule is COc1cc(N)c(Cl)cc1-c1nc(-c2cccc(C)c2)n[nH]1. The lowest BCUT2D eigenvalue weighted by molar-refractivity contribution is 0.416. The number of aromatic nitrogens is 3. The van der Waals surface area contributed by atoms with E-state index < -0.39 is 0 Å².